The molecule has 2 aliphatic heterocycles. The lowest BCUT2D eigenvalue weighted by molar-refractivity contribution is 0.169. The van der Waals surface area contributed by atoms with Crippen LogP contribution in [-0.2, 0) is 4.74 Å². The first-order chi connectivity index (χ1) is 6.45. The van der Waals surface area contributed by atoms with Gasteiger partial charge in [0.1, 0.15) is 6.61 Å². The number of nitrogens with zero attached hydrogens (tertiary/aromatic N) is 3. The van der Waals surface area contributed by atoms with Crippen LogP contribution >= 0.6 is 0 Å². The van der Waals surface area contributed by atoms with Crippen molar-refractivity contribution in [2.75, 3.05) is 32.8 Å². The van der Waals surface area contributed by atoms with E-state index in [1.165, 1.54) is 25.9 Å². The lowest BCUT2D eigenvalue weighted by atomic mass is 10.4. The normalized spacial score (nSPS) is 22.3. The van der Waals surface area contributed by atoms with Crippen molar-refractivity contribution in [3.05, 3.63) is 12.0 Å². The first-order valence-electron chi connectivity index (χ1n) is 4.88. The summed E-state index contributed by atoms with van der Waals surface area (Å²) in [6.45, 7) is 4.89. The van der Waals surface area contributed by atoms with Crippen LogP contribution in [0.4, 0.5) is 0 Å². The molecule has 1 fully saturated rings. The average molecular weight is 181 g/mol. The van der Waals surface area contributed by atoms with Crippen molar-refractivity contribution in [2.45, 2.75) is 12.8 Å². The second-order valence-electron chi connectivity index (χ2n) is 3.36. The Morgan fingerprint density at radius 2 is 2.23 bits per heavy atom. The van der Waals surface area contributed by atoms with Crippen LogP contribution in [0.2, 0.25) is 0 Å². The molecule has 0 aromatic rings. The number of rotatable bonds is 4. The first-order valence-corrected chi connectivity index (χ1v) is 4.88. The summed E-state index contributed by atoms with van der Waals surface area (Å²) in [6.07, 6.45) is 4.58. The van der Waals surface area contributed by atoms with E-state index in [-0.39, 0.29) is 0 Å². The Morgan fingerprint density at radius 1 is 1.38 bits per heavy atom. The molecule has 0 bridgehead atoms. The third kappa shape index (κ3) is 2.52. The molecule has 2 aliphatic rings. The monoisotopic (exact) mass is 181 g/mol. The fourth-order valence-corrected chi connectivity index (χ4v) is 1.64. The molecule has 1 saturated heterocycles. The van der Waals surface area contributed by atoms with Crippen molar-refractivity contribution in [1.82, 2.24) is 4.90 Å². The van der Waals surface area contributed by atoms with Crippen molar-refractivity contribution >= 4 is 0 Å². The Labute approximate surface area is 78.3 Å². The summed E-state index contributed by atoms with van der Waals surface area (Å²) < 4.78 is 5.42. The molecule has 0 aromatic carbocycles. The molecular formula is C9H15N3O. The SMILES string of the molecule is C1=C(OCCN2CCCC2)N=NC1. The average Bonchev–Trinajstić information content (AvgIpc) is 2.75. The summed E-state index contributed by atoms with van der Waals surface area (Å²) in [5.41, 5.74) is 0. The van der Waals surface area contributed by atoms with Gasteiger partial charge < -0.3 is 4.74 Å². The van der Waals surface area contributed by atoms with Gasteiger partial charge in [0.2, 0.25) is 5.88 Å². The highest BCUT2D eigenvalue weighted by atomic mass is 16.5. The molecule has 4 nitrogen and oxygen atoms in total. The fourth-order valence-electron chi connectivity index (χ4n) is 1.64. The minimum atomic E-state index is 0.680. The zero-order valence-electron chi connectivity index (χ0n) is 7.78. The zero-order chi connectivity index (χ0) is 8.93. The molecule has 0 amide bonds. The van der Waals surface area contributed by atoms with E-state index < -0.39 is 0 Å². The second kappa shape index (κ2) is 4.37. The van der Waals surface area contributed by atoms with E-state index in [0.29, 0.717) is 12.4 Å². The predicted octanol–water partition coefficient (Wildman–Crippen LogP) is 1.41. The zero-order valence-corrected chi connectivity index (χ0v) is 7.78. The van der Waals surface area contributed by atoms with Crippen molar-refractivity contribution in [1.29, 1.82) is 0 Å². The van der Waals surface area contributed by atoms with Gasteiger partial charge in [0, 0.05) is 12.6 Å². The quantitative estimate of drug-likeness (QED) is 0.657. The summed E-state index contributed by atoms with van der Waals surface area (Å²) in [4.78, 5) is 2.42. The van der Waals surface area contributed by atoms with Gasteiger partial charge in [0.15, 0.2) is 0 Å². The van der Waals surface area contributed by atoms with Gasteiger partial charge in [-0.25, -0.2) is 0 Å². The van der Waals surface area contributed by atoms with Gasteiger partial charge >= 0.3 is 0 Å². The minimum Gasteiger partial charge on any atom is -0.475 e. The molecule has 2 rings (SSSR count). The second-order valence-corrected chi connectivity index (χ2v) is 3.36. The van der Waals surface area contributed by atoms with Crippen molar-refractivity contribution in [3.63, 3.8) is 0 Å². The van der Waals surface area contributed by atoms with E-state index >= 15 is 0 Å². The van der Waals surface area contributed by atoms with Gasteiger partial charge in [-0.3, -0.25) is 4.90 Å². The van der Waals surface area contributed by atoms with Gasteiger partial charge in [-0.1, -0.05) is 0 Å². The smallest absolute Gasteiger partial charge is 0.230 e. The van der Waals surface area contributed by atoms with E-state index in [1.54, 1.807) is 0 Å². The standard InChI is InChI=1S/C9H15N3O/c1-2-6-12(5-1)7-8-13-9-3-4-10-11-9/h3H,1-2,4-8H2. The molecular weight excluding hydrogens is 166 g/mol. The Bertz CT molecular complexity index is 219. The third-order valence-electron chi connectivity index (χ3n) is 2.37. The molecule has 72 valence electrons. The minimum absolute atomic E-state index is 0.680. The number of ether oxygens (including phenoxy) is 1. The summed E-state index contributed by atoms with van der Waals surface area (Å²) in [5, 5.41) is 7.65. The van der Waals surface area contributed by atoms with Gasteiger partial charge in [-0.15, -0.1) is 5.11 Å². The molecule has 2 heterocycles. The number of likely N-dealkylation sites (tertiary alicyclic amines) is 1. The van der Waals surface area contributed by atoms with Crippen LogP contribution in [0.3, 0.4) is 0 Å². The van der Waals surface area contributed by atoms with Crippen LogP contribution in [-0.4, -0.2) is 37.7 Å². The summed E-state index contributed by atoms with van der Waals surface area (Å²) in [7, 11) is 0. The molecule has 0 radical (unpaired) electrons. The topological polar surface area (TPSA) is 37.2 Å². The predicted molar refractivity (Wildman–Crippen MR) is 49.4 cm³/mol. The molecule has 13 heavy (non-hydrogen) atoms. The Morgan fingerprint density at radius 3 is 2.92 bits per heavy atom. The Kier molecular flexibility index (Phi) is 2.92. The van der Waals surface area contributed by atoms with Crippen LogP contribution in [0, 0.1) is 0 Å². The van der Waals surface area contributed by atoms with Crippen LogP contribution < -0.4 is 0 Å². The Hall–Kier alpha value is -0.900. The van der Waals surface area contributed by atoms with Gasteiger partial charge in [0.25, 0.3) is 0 Å². The fraction of sp³-hybridized carbons (Fsp3) is 0.778. The number of hydrogen-bond acceptors (Lipinski definition) is 4. The van der Waals surface area contributed by atoms with Crippen molar-refractivity contribution in [3.8, 4) is 0 Å². The largest absolute Gasteiger partial charge is 0.475 e. The van der Waals surface area contributed by atoms with Crippen LogP contribution in [0.1, 0.15) is 12.8 Å². The summed E-state index contributed by atoms with van der Waals surface area (Å²) in [5.74, 6) is 0.694. The van der Waals surface area contributed by atoms with E-state index in [0.717, 1.165) is 13.2 Å². The summed E-state index contributed by atoms with van der Waals surface area (Å²) >= 11 is 0. The van der Waals surface area contributed by atoms with Crippen molar-refractivity contribution < 1.29 is 4.74 Å². The van der Waals surface area contributed by atoms with E-state index in [4.69, 9.17) is 4.74 Å². The highest BCUT2D eigenvalue weighted by Gasteiger charge is 2.11. The maximum absolute atomic E-state index is 5.42. The molecule has 0 spiro atoms. The van der Waals surface area contributed by atoms with Gasteiger partial charge in [0.05, 0.1) is 6.54 Å². The van der Waals surface area contributed by atoms with E-state index in [1.807, 2.05) is 6.08 Å². The Balaban J connectivity index is 1.60. The highest BCUT2D eigenvalue weighted by Crippen LogP contribution is 2.09. The van der Waals surface area contributed by atoms with E-state index in [9.17, 15) is 0 Å². The van der Waals surface area contributed by atoms with Gasteiger partial charge in [-0.05, 0) is 25.9 Å². The molecule has 0 saturated carbocycles. The number of hydrogen-bond donors (Lipinski definition) is 0. The highest BCUT2D eigenvalue weighted by molar-refractivity contribution is 4.95. The van der Waals surface area contributed by atoms with Crippen LogP contribution in [0.25, 0.3) is 0 Å². The van der Waals surface area contributed by atoms with E-state index in [2.05, 4.69) is 15.1 Å². The lowest BCUT2D eigenvalue weighted by Gasteiger charge is -2.13. The van der Waals surface area contributed by atoms with Crippen molar-refractivity contribution in [2.24, 2.45) is 10.2 Å². The first kappa shape index (κ1) is 8.69. The maximum Gasteiger partial charge on any atom is 0.230 e. The molecule has 0 aliphatic carbocycles. The molecule has 4 heteroatoms. The molecule has 0 N–H and O–H groups in total. The molecule has 0 aromatic heterocycles. The number of azo groups is 1. The third-order valence-corrected chi connectivity index (χ3v) is 2.37. The van der Waals surface area contributed by atoms with Crippen LogP contribution in [0.5, 0.6) is 0 Å². The maximum atomic E-state index is 5.42. The lowest BCUT2D eigenvalue weighted by Crippen LogP contribution is -2.23. The van der Waals surface area contributed by atoms with Gasteiger partial charge in [-0.2, -0.15) is 5.11 Å². The molecule has 0 atom stereocenters. The molecule has 0 unspecified atom stereocenters. The summed E-state index contributed by atoms with van der Waals surface area (Å²) in [6, 6.07) is 0. The van der Waals surface area contributed by atoms with Crippen LogP contribution in [0.15, 0.2) is 22.2 Å².